The molecule has 42 heavy (non-hydrogen) atoms. The molecule has 1 aliphatic rings. The maximum Gasteiger partial charge on any atom is 0.406 e. The molecule has 0 bridgehead atoms. The van der Waals surface area contributed by atoms with Crippen molar-refractivity contribution in [2.75, 3.05) is 65.1 Å². The van der Waals surface area contributed by atoms with Gasteiger partial charge in [-0.25, -0.2) is 4.39 Å². The maximum absolute atomic E-state index is 13.2. The van der Waals surface area contributed by atoms with Gasteiger partial charge >= 0.3 is 6.18 Å². The van der Waals surface area contributed by atoms with Gasteiger partial charge in [0.1, 0.15) is 18.5 Å². The Balaban J connectivity index is 0.000000620. The molecule has 4 rings (SSSR count). The van der Waals surface area contributed by atoms with Crippen LogP contribution in [0.5, 0.6) is 5.75 Å². The molecule has 1 aliphatic heterocycles. The van der Waals surface area contributed by atoms with Crippen LogP contribution in [0, 0.1) is 11.8 Å². The minimum absolute atomic E-state index is 0. The smallest absolute Gasteiger partial charge is 0.406 e. The SMILES string of the molecule is CCN(C)C(=O)c1ccc(OC)c(NCC#Cc2cc3c(NC)cccc3n2CC(F)(F)F)c1.CN1CCC[C@@H](F)C1.[HH]. The Bertz CT molecular complexity index is 1410. The first-order chi connectivity index (χ1) is 20.0. The second-order valence-electron chi connectivity index (χ2n) is 10.1. The molecule has 1 amide bonds. The van der Waals surface area contributed by atoms with E-state index in [2.05, 4.69) is 22.5 Å². The fourth-order valence-electron chi connectivity index (χ4n) is 4.68. The number of methoxy groups -OCH3 is 1. The van der Waals surface area contributed by atoms with E-state index in [1.165, 1.54) is 11.7 Å². The molecule has 0 saturated carbocycles. The van der Waals surface area contributed by atoms with Crippen LogP contribution in [0.3, 0.4) is 0 Å². The highest BCUT2D eigenvalue weighted by atomic mass is 19.4. The molecule has 2 aromatic carbocycles. The topological polar surface area (TPSA) is 61.8 Å². The highest BCUT2D eigenvalue weighted by Crippen LogP contribution is 2.30. The van der Waals surface area contributed by atoms with Crippen molar-refractivity contribution in [1.29, 1.82) is 0 Å². The van der Waals surface area contributed by atoms with Gasteiger partial charge in [0, 0.05) is 45.2 Å². The summed E-state index contributed by atoms with van der Waals surface area (Å²) in [5.41, 5.74) is 2.50. The monoisotopic (exact) mass is 591 g/mol. The number of ether oxygens (including phenoxy) is 1. The lowest BCUT2D eigenvalue weighted by Gasteiger charge is -2.24. The Morgan fingerprint density at radius 3 is 2.57 bits per heavy atom. The van der Waals surface area contributed by atoms with Gasteiger partial charge in [-0.15, -0.1) is 0 Å². The summed E-state index contributed by atoms with van der Waals surface area (Å²) in [5, 5.41) is 6.76. The van der Waals surface area contributed by atoms with E-state index in [1.807, 2.05) is 18.9 Å². The average Bonchev–Trinajstić information content (AvgIpc) is 3.30. The molecule has 2 heterocycles. The van der Waals surface area contributed by atoms with E-state index in [4.69, 9.17) is 4.74 Å². The Hall–Kier alpha value is -3.91. The number of piperidine rings is 1. The summed E-state index contributed by atoms with van der Waals surface area (Å²) in [7, 11) is 6.91. The van der Waals surface area contributed by atoms with Gasteiger partial charge in [0.25, 0.3) is 5.91 Å². The van der Waals surface area contributed by atoms with Crippen molar-refractivity contribution in [3.63, 3.8) is 0 Å². The Kier molecular flexibility index (Phi) is 11.5. The zero-order valence-electron chi connectivity index (χ0n) is 24.7. The zero-order valence-corrected chi connectivity index (χ0v) is 24.7. The van der Waals surface area contributed by atoms with Gasteiger partial charge in [-0.05, 0) is 75.7 Å². The average molecular weight is 592 g/mol. The largest absolute Gasteiger partial charge is 0.495 e. The summed E-state index contributed by atoms with van der Waals surface area (Å²) < 4.78 is 58.7. The number of alkyl halides is 4. The molecule has 0 aliphatic carbocycles. The van der Waals surface area contributed by atoms with Crippen molar-refractivity contribution in [2.45, 2.75) is 38.7 Å². The van der Waals surface area contributed by atoms with Gasteiger partial charge < -0.3 is 29.7 Å². The number of amides is 1. The third-order valence-corrected chi connectivity index (χ3v) is 6.97. The van der Waals surface area contributed by atoms with Gasteiger partial charge in [-0.2, -0.15) is 13.2 Å². The van der Waals surface area contributed by atoms with E-state index in [0.29, 0.717) is 41.0 Å². The zero-order chi connectivity index (χ0) is 30.9. The molecule has 1 saturated heterocycles. The first kappa shape index (κ1) is 32.6. The van der Waals surface area contributed by atoms with Gasteiger partial charge in [-0.3, -0.25) is 4.79 Å². The number of carbonyl (C=O) groups excluding carboxylic acids is 1. The number of halogens is 4. The highest BCUT2D eigenvalue weighted by Gasteiger charge is 2.30. The predicted octanol–water partition coefficient (Wildman–Crippen LogP) is 6.11. The van der Waals surface area contributed by atoms with Gasteiger partial charge in [0.2, 0.25) is 0 Å². The molecule has 230 valence electrons. The number of nitrogens with zero attached hydrogens (tertiary/aromatic N) is 3. The molecule has 0 radical (unpaired) electrons. The number of hydrogen-bond acceptors (Lipinski definition) is 5. The standard InChI is InChI=1S/C25H27F3N4O2.C6H12FN.H2/c1-5-31(3)24(33)17-11-12-23(34-4)21(14-17)30-13-7-8-18-15-19-20(29-2)9-6-10-22(19)32(18)16-25(26,27)28;1-8-4-2-3-6(7)5-8;/h6,9-12,14-15,29-30H,5,13,16H2,1-4H3;6H,2-5H2,1H3;1H/t;6-;/m.1./s1. The Labute approximate surface area is 246 Å². The van der Waals surface area contributed by atoms with Crippen LogP contribution in [0.25, 0.3) is 10.9 Å². The minimum atomic E-state index is -4.39. The third kappa shape index (κ3) is 8.79. The van der Waals surface area contributed by atoms with Gasteiger partial charge in [-0.1, -0.05) is 12.0 Å². The fourth-order valence-corrected chi connectivity index (χ4v) is 4.68. The molecule has 1 fully saturated rings. The summed E-state index contributed by atoms with van der Waals surface area (Å²) in [6.07, 6.45) is -3.15. The molecule has 2 N–H and O–H groups in total. The minimum Gasteiger partial charge on any atom is -0.495 e. The van der Waals surface area contributed by atoms with E-state index in [9.17, 15) is 22.4 Å². The van der Waals surface area contributed by atoms with E-state index < -0.39 is 18.9 Å². The van der Waals surface area contributed by atoms with Crippen LogP contribution in [-0.4, -0.2) is 87.1 Å². The van der Waals surface area contributed by atoms with Crippen LogP contribution in [0.1, 0.15) is 37.2 Å². The predicted molar refractivity (Wildman–Crippen MR) is 162 cm³/mol. The Morgan fingerprint density at radius 2 is 1.98 bits per heavy atom. The van der Waals surface area contributed by atoms with Crippen molar-refractivity contribution >= 4 is 28.2 Å². The van der Waals surface area contributed by atoms with Crippen LogP contribution in [0.2, 0.25) is 0 Å². The summed E-state index contributed by atoms with van der Waals surface area (Å²) in [6.45, 7) is 3.17. The lowest BCUT2D eigenvalue weighted by atomic mass is 10.1. The summed E-state index contributed by atoms with van der Waals surface area (Å²) in [6, 6.07) is 11.8. The number of fused-ring (bicyclic) bond motifs is 1. The van der Waals surface area contributed by atoms with Crippen molar-refractivity contribution in [1.82, 2.24) is 14.4 Å². The van der Waals surface area contributed by atoms with Crippen LogP contribution >= 0.6 is 0 Å². The normalized spacial score (nSPS) is 15.2. The quantitative estimate of drug-likeness (QED) is 0.257. The molecule has 0 spiro atoms. The number of aromatic nitrogens is 1. The van der Waals surface area contributed by atoms with Crippen LogP contribution in [0.15, 0.2) is 42.5 Å². The van der Waals surface area contributed by atoms with Gasteiger partial charge in [0.05, 0.1) is 30.6 Å². The number of nitrogens with one attached hydrogen (secondary N) is 2. The summed E-state index contributed by atoms with van der Waals surface area (Å²) in [4.78, 5) is 16.1. The third-order valence-electron chi connectivity index (χ3n) is 6.97. The lowest BCUT2D eigenvalue weighted by molar-refractivity contribution is -0.140. The fraction of sp³-hybridized carbons (Fsp3) is 0.452. The Morgan fingerprint density at radius 1 is 1.21 bits per heavy atom. The summed E-state index contributed by atoms with van der Waals surface area (Å²) in [5.74, 6) is 6.15. The van der Waals surface area contributed by atoms with Crippen LogP contribution < -0.4 is 15.4 Å². The molecule has 3 aromatic rings. The lowest BCUT2D eigenvalue weighted by Crippen LogP contribution is -2.32. The molecule has 1 aromatic heterocycles. The van der Waals surface area contributed by atoms with E-state index >= 15 is 0 Å². The number of likely N-dealkylation sites (tertiary alicyclic amines) is 1. The molecule has 7 nitrogen and oxygen atoms in total. The van der Waals surface area contributed by atoms with Crippen molar-refractivity contribution in [3.05, 3.63) is 53.7 Å². The summed E-state index contributed by atoms with van der Waals surface area (Å²) >= 11 is 0. The van der Waals surface area contributed by atoms with Gasteiger partial charge in [0.15, 0.2) is 0 Å². The number of hydrogen-bond donors (Lipinski definition) is 2. The molecular formula is C31H41F4N5O2. The first-order valence-corrected chi connectivity index (χ1v) is 13.8. The molecule has 11 heteroatoms. The first-order valence-electron chi connectivity index (χ1n) is 13.8. The van der Waals surface area contributed by atoms with Crippen LogP contribution in [-0.2, 0) is 6.54 Å². The van der Waals surface area contributed by atoms with E-state index in [0.717, 1.165) is 25.1 Å². The number of carbonyl (C=O) groups is 1. The highest BCUT2D eigenvalue weighted by molar-refractivity contribution is 5.95. The molecule has 0 unspecified atom stereocenters. The second kappa shape index (κ2) is 14.8. The van der Waals surface area contributed by atoms with E-state index in [-0.39, 0.29) is 19.6 Å². The van der Waals surface area contributed by atoms with Crippen molar-refractivity contribution in [3.8, 4) is 17.6 Å². The second-order valence-corrected chi connectivity index (χ2v) is 10.1. The number of rotatable bonds is 7. The van der Waals surface area contributed by atoms with Crippen LogP contribution in [0.4, 0.5) is 28.9 Å². The number of anilines is 2. The van der Waals surface area contributed by atoms with Crippen molar-refractivity contribution in [2.24, 2.45) is 0 Å². The number of benzene rings is 2. The maximum atomic E-state index is 13.2. The molecular weight excluding hydrogens is 550 g/mol. The van der Waals surface area contributed by atoms with Crippen molar-refractivity contribution < 1.29 is 28.5 Å². The van der Waals surface area contributed by atoms with E-state index in [1.54, 1.807) is 61.5 Å². The molecule has 1 atom stereocenters.